The lowest BCUT2D eigenvalue weighted by atomic mass is 9.97. The first-order chi connectivity index (χ1) is 10.8. The van der Waals surface area contributed by atoms with Crippen LogP contribution in [0.4, 0.5) is 0 Å². The first-order valence-electron chi connectivity index (χ1n) is 8.60. The molecule has 3 heterocycles. The number of nitrogens with zero attached hydrogens (tertiary/aromatic N) is 1. The van der Waals surface area contributed by atoms with E-state index >= 15 is 0 Å². The van der Waals surface area contributed by atoms with Gasteiger partial charge < -0.3 is 15.1 Å². The van der Waals surface area contributed by atoms with Crippen LogP contribution in [0.3, 0.4) is 0 Å². The summed E-state index contributed by atoms with van der Waals surface area (Å²) in [6.45, 7) is 4.73. The number of hydrogen-bond acceptors (Lipinski definition) is 4. The molecular weight excluding hydrogens is 278 g/mol. The van der Waals surface area contributed by atoms with E-state index in [9.17, 15) is 4.79 Å². The highest BCUT2D eigenvalue weighted by Crippen LogP contribution is 2.24. The van der Waals surface area contributed by atoms with Crippen LogP contribution in [-0.4, -0.2) is 43.5 Å². The molecule has 0 spiro atoms. The van der Waals surface area contributed by atoms with Crippen LogP contribution < -0.4 is 10.6 Å². The molecule has 1 aromatic heterocycles. The van der Waals surface area contributed by atoms with Gasteiger partial charge in [0.1, 0.15) is 5.76 Å². The van der Waals surface area contributed by atoms with Crippen molar-refractivity contribution in [2.24, 2.45) is 5.92 Å². The predicted molar refractivity (Wildman–Crippen MR) is 85.5 cm³/mol. The third-order valence-electron chi connectivity index (χ3n) is 4.88. The Morgan fingerprint density at radius 3 is 2.77 bits per heavy atom. The third kappa shape index (κ3) is 3.90. The maximum absolute atomic E-state index is 12.4. The third-order valence-corrected chi connectivity index (χ3v) is 4.88. The Labute approximate surface area is 132 Å². The van der Waals surface area contributed by atoms with Crippen LogP contribution in [0.1, 0.15) is 43.9 Å². The van der Waals surface area contributed by atoms with Gasteiger partial charge in [0.25, 0.3) is 0 Å². The Hall–Kier alpha value is -1.33. The van der Waals surface area contributed by atoms with E-state index < -0.39 is 0 Å². The van der Waals surface area contributed by atoms with Gasteiger partial charge in [-0.1, -0.05) is 6.42 Å². The molecule has 2 aliphatic heterocycles. The Bertz CT molecular complexity index is 448. The molecule has 122 valence electrons. The maximum Gasteiger partial charge on any atom is 0.223 e. The van der Waals surface area contributed by atoms with Crippen molar-refractivity contribution in [3.8, 4) is 0 Å². The van der Waals surface area contributed by atoms with Crippen molar-refractivity contribution in [3.63, 3.8) is 0 Å². The Morgan fingerprint density at radius 1 is 1.32 bits per heavy atom. The summed E-state index contributed by atoms with van der Waals surface area (Å²) < 4.78 is 5.62. The largest absolute Gasteiger partial charge is 0.468 e. The van der Waals surface area contributed by atoms with Crippen molar-refractivity contribution >= 4 is 5.91 Å². The van der Waals surface area contributed by atoms with Crippen LogP contribution in [0.5, 0.6) is 0 Å². The topological polar surface area (TPSA) is 57.5 Å². The molecule has 1 atom stereocenters. The van der Waals surface area contributed by atoms with E-state index in [-0.39, 0.29) is 17.9 Å². The minimum atomic E-state index is 0.167. The number of furan rings is 1. The maximum atomic E-state index is 12.4. The van der Waals surface area contributed by atoms with E-state index in [0.717, 1.165) is 44.8 Å². The zero-order chi connectivity index (χ0) is 15.2. The molecule has 0 radical (unpaired) electrons. The van der Waals surface area contributed by atoms with Gasteiger partial charge in [-0.2, -0.15) is 0 Å². The first kappa shape index (κ1) is 15.6. The summed E-state index contributed by atoms with van der Waals surface area (Å²) in [6.07, 6.45) is 7.39. The van der Waals surface area contributed by atoms with Crippen molar-refractivity contribution in [2.75, 3.05) is 32.7 Å². The number of rotatable bonds is 5. The van der Waals surface area contributed by atoms with Crippen molar-refractivity contribution in [1.29, 1.82) is 0 Å². The molecule has 0 aromatic carbocycles. The zero-order valence-corrected chi connectivity index (χ0v) is 13.2. The van der Waals surface area contributed by atoms with E-state index in [2.05, 4.69) is 15.5 Å². The van der Waals surface area contributed by atoms with E-state index in [1.54, 1.807) is 6.26 Å². The molecule has 1 amide bonds. The van der Waals surface area contributed by atoms with E-state index in [4.69, 9.17) is 4.42 Å². The van der Waals surface area contributed by atoms with Crippen LogP contribution in [-0.2, 0) is 4.79 Å². The molecule has 2 N–H and O–H groups in total. The molecule has 0 saturated carbocycles. The number of carbonyl (C=O) groups excluding carboxylic acids is 1. The predicted octanol–water partition coefficient (Wildman–Crippen LogP) is 1.92. The normalized spacial score (nSPS) is 22.4. The summed E-state index contributed by atoms with van der Waals surface area (Å²) in [5, 5.41) is 6.47. The van der Waals surface area contributed by atoms with Gasteiger partial charge in [-0.3, -0.25) is 9.69 Å². The van der Waals surface area contributed by atoms with Crippen LogP contribution in [0, 0.1) is 5.92 Å². The van der Waals surface area contributed by atoms with Gasteiger partial charge in [-0.15, -0.1) is 0 Å². The lowest BCUT2D eigenvalue weighted by Gasteiger charge is -2.34. The molecule has 5 heteroatoms. The fourth-order valence-electron chi connectivity index (χ4n) is 3.55. The van der Waals surface area contributed by atoms with Gasteiger partial charge in [0.2, 0.25) is 5.91 Å². The molecular formula is C17H27N3O2. The number of nitrogens with one attached hydrogen (secondary N) is 2. The van der Waals surface area contributed by atoms with E-state index in [0.29, 0.717) is 6.54 Å². The fourth-order valence-corrected chi connectivity index (χ4v) is 3.55. The van der Waals surface area contributed by atoms with Crippen molar-refractivity contribution in [1.82, 2.24) is 15.5 Å². The van der Waals surface area contributed by atoms with E-state index in [1.165, 1.54) is 19.3 Å². The van der Waals surface area contributed by atoms with Gasteiger partial charge in [0, 0.05) is 12.5 Å². The molecule has 2 saturated heterocycles. The molecule has 0 aliphatic carbocycles. The fraction of sp³-hybridized carbons (Fsp3) is 0.706. The quantitative estimate of drug-likeness (QED) is 0.872. The number of likely N-dealkylation sites (tertiary alicyclic amines) is 1. The molecule has 2 aliphatic rings. The highest BCUT2D eigenvalue weighted by atomic mass is 16.3. The van der Waals surface area contributed by atoms with Gasteiger partial charge in [-0.25, -0.2) is 0 Å². The van der Waals surface area contributed by atoms with Gasteiger partial charge in [0.15, 0.2) is 0 Å². The Morgan fingerprint density at radius 2 is 2.09 bits per heavy atom. The van der Waals surface area contributed by atoms with Crippen molar-refractivity contribution in [3.05, 3.63) is 24.2 Å². The highest BCUT2D eigenvalue weighted by Gasteiger charge is 2.27. The molecule has 0 bridgehead atoms. The number of amides is 1. The van der Waals surface area contributed by atoms with Crippen LogP contribution in [0.2, 0.25) is 0 Å². The Kier molecular flexibility index (Phi) is 5.51. The minimum Gasteiger partial charge on any atom is -0.468 e. The van der Waals surface area contributed by atoms with Gasteiger partial charge in [0.05, 0.1) is 12.3 Å². The lowest BCUT2D eigenvalue weighted by Crippen LogP contribution is -2.43. The van der Waals surface area contributed by atoms with Crippen LogP contribution in [0.25, 0.3) is 0 Å². The molecule has 3 rings (SSSR count). The first-order valence-corrected chi connectivity index (χ1v) is 8.60. The van der Waals surface area contributed by atoms with Crippen LogP contribution >= 0.6 is 0 Å². The molecule has 1 unspecified atom stereocenters. The summed E-state index contributed by atoms with van der Waals surface area (Å²) >= 11 is 0. The second-order valence-electron chi connectivity index (χ2n) is 6.40. The summed E-state index contributed by atoms with van der Waals surface area (Å²) in [4.78, 5) is 14.8. The second kappa shape index (κ2) is 7.79. The SMILES string of the molecule is O=C(NCC(c1ccco1)N1CCCCC1)C1CCNCC1. The minimum absolute atomic E-state index is 0.167. The summed E-state index contributed by atoms with van der Waals surface area (Å²) in [5.74, 6) is 1.34. The van der Waals surface area contributed by atoms with Crippen molar-refractivity contribution < 1.29 is 9.21 Å². The average Bonchev–Trinajstić information content (AvgIpc) is 3.11. The summed E-state index contributed by atoms with van der Waals surface area (Å²) in [5.41, 5.74) is 0. The standard InChI is InChI=1S/C17H27N3O2/c21-17(14-6-8-18-9-7-14)19-13-15(16-5-4-12-22-16)20-10-2-1-3-11-20/h4-5,12,14-15,18H,1-3,6-11,13H2,(H,19,21). The summed E-state index contributed by atoms with van der Waals surface area (Å²) in [7, 11) is 0. The molecule has 22 heavy (non-hydrogen) atoms. The second-order valence-corrected chi connectivity index (χ2v) is 6.40. The molecule has 1 aromatic rings. The highest BCUT2D eigenvalue weighted by molar-refractivity contribution is 5.78. The number of hydrogen-bond donors (Lipinski definition) is 2. The van der Waals surface area contributed by atoms with Gasteiger partial charge >= 0.3 is 0 Å². The Balaban J connectivity index is 1.58. The monoisotopic (exact) mass is 305 g/mol. The van der Waals surface area contributed by atoms with Crippen molar-refractivity contribution in [2.45, 2.75) is 38.1 Å². The lowest BCUT2D eigenvalue weighted by molar-refractivity contribution is -0.126. The molecule has 5 nitrogen and oxygen atoms in total. The smallest absolute Gasteiger partial charge is 0.223 e. The number of carbonyl (C=O) groups is 1. The number of piperidine rings is 2. The zero-order valence-electron chi connectivity index (χ0n) is 13.2. The molecule has 2 fully saturated rings. The summed E-state index contributed by atoms with van der Waals surface area (Å²) in [6, 6.07) is 4.12. The van der Waals surface area contributed by atoms with Crippen LogP contribution in [0.15, 0.2) is 22.8 Å². The average molecular weight is 305 g/mol. The van der Waals surface area contributed by atoms with Gasteiger partial charge in [-0.05, 0) is 64.0 Å². The van der Waals surface area contributed by atoms with E-state index in [1.807, 2.05) is 12.1 Å².